The highest BCUT2D eigenvalue weighted by molar-refractivity contribution is 6.04. The van der Waals surface area contributed by atoms with Gasteiger partial charge in [0.15, 0.2) is 0 Å². The van der Waals surface area contributed by atoms with Crippen molar-refractivity contribution in [3.05, 3.63) is 83.4 Å². The van der Waals surface area contributed by atoms with Crippen molar-refractivity contribution in [2.75, 3.05) is 42.9 Å². The van der Waals surface area contributed by atoms with E-state index in [1.54, 1.807) is 17.2 Å². The van der Waals surface area contributed by atoms with Gasteiger partial charge in [0, 0.05) is 50.7 Å². The van der Waals surface area contributed by atoms with Crippen molar-refractivity contribution in [3.63, 3.8) is 0 Å². The molecule has 2 aromatic carbocycles. The van der Waals surface area contributed by atoms with E-state index in [-0.39, 0.29) is 18.3 Å². The van der Waals surface area contributed by atoms with Gasteiger partial charge in [0.2, 0.25) is 0 Å². The molecule has 8 heteroatoms. The number of nitrogens with zero attached hydrogens (tertiary/aromatic N) is 4. The molecule has 2 aliphatic rings. The van der Waals surface area contributed by atoms with Crippen LogP contribution in [0.4, 0.5) is 20.6 Å². The summed E-state index contributed by atoms with van der Waals surface area (Å²) in [6.45, 7) is 8.67. The summed E-state index contributed by atoms with van der Waals surface area (Å²) in [4.78, 5) is 23.9. The highest BCUT2D eigenvalue weighted by atomic mass is 19.1. The Morgan fingerprint density at radius 2 is 1.83 bits per heavy atom. The van der Waals surface area contributed by atoms with Gasteiger partial charge >= 0.3 is 6.03 Å². The minimum atomic E-state index is -0.399. The van der Waals surface area contributed by atoms with Crippen LogP contribution < -0.4 is 15.0 Å². The summed E-state index contributed by atoms with van der Waals surface area (Å²) in [5.74, 6) is 0.168. The molecule has 1 fully saturated rings. The first kappa shape index (κ1) is 24.2. The average molecular weight is 490 g/mol. The summed E-state index contributed by atoms with van der Waals surface area (Å²) >= 11 is 0. The highest BCUT2D eigenvalue weighted by Gasteiger charge is 2.27. The molecule has 0 spiro atoms. The van der Waals surface area contributed by atoms with E-state index < -0.39 is 5.82 Å². The Bertz CT molecular complexity index is 1210. The Balaban J connectivity index is 1.39. The quantitative estimate of drug-likeness (QED) is 0.489. The normalized spacial score (nSPS) is 16.5. The second kappa shape index (κ2) is 11.1. The smallest absolute Gasteiger partial charge is 0.326 e. The number of carbonyl (C=O) groups excluding carboxylic acids is 1. The molecule has 1 aromatic heterocycles. The van der Waals surface area contributed by atoms with Gasteiger partial charge in [0.25, 0.3) is 0 Å². The van der Waals surface area contributed by atoms with Crippen molar-refractivity contribution < 1.29 is 13.9 Å². The summed E-state index contributed by atoms with van der Waals surface area (Å²) in [6.07, 6.45) is 2.71. The van der Waals surface area contributed by atoms with Gasteiger partial charge in [0.1, 0.15) is 23.9 Å². The topological polar surface area (TPSA) is 60.9 Å². The third-order valence-corrected chi connectivity index (χ3v) is 6.79. The number of fused-ring (bicyclic) bond motifs is 1. The molecule has 188 valence electrons. The number of hydrogen-bond donors (Lipinski definition) is 1. The Morgan fingerprint density at radius 3 is 2.64 bits per heavy atom. The van der Waals surface area contributed by atoms with Crippen molar-refractivity contribution in [2.45, 2.75) is 33.0 Å². The van der Waals surface area contributed by atoms with Crippen LogP contribution in [0.5, 0.6) is 5.75 Å². The number of pyridine rings is 1. The largest absolute Gasteiger partial charge is 0.487 e. The summed E-state index contributed by atoms with van der Waals surface area (Å²) in [7, 11) is 0. The zero-order valence-corrected chi connectivity index (χ0v) is 20.6. The molecule has 3 aromatic rings. The molecule has 0 radical (unpaired) electrons. The molecular weight excluding hydrogens is 457 g/mol. The number of anilines is 2. The predicted molar refractivity (Wildman–Crippen MR) is 139 cm³/mol. The average Bonchev–Trinajstić information content (AvgIpc) is 2.90. The maximum Gasteiger partial charge on any atom is 0.326 e. The van der Waals surface area contributed by atoms with E-state index >= 15 is 0 Å². The lowest BCUT2D eigenvalue weighted by Gasteiger charge is -2.36. The van der Waals surface area contributed by atoms with E-state index in [9.17, 15) is 9.18 Å². The number of halogens is 1. The van der Waals surface area contributed by atoms with Gasteiger partial charge in [-0.3, -0.25) is 14.8 Å². The number of benzene rings is 2. The molecule has 0 bridgehead atoms. The van der Waals surface area contributed by atoms with Crippen LogP contribution in [0.15, 0.2) is 60.8 Å². The van der Waals surface area contributed by atoms with Crippen LogP contribution in [0.2, 0.25) is 0 Å². The van der Waals surface area contributed by atoms with E-state index in [0.29, 0.717) is 12.3 Å². The number of aromatic nitrogens is 1. The number of hydrogen-bond acceptors (Lipinski definition) is 5. The monoisotopic (exact) mass is 489 g/mol. The van der Waals surface area contributed by atoms with Gasteiger partial charge in [-0.25, -0.2) is 9.18 Å². The van der Waals surface area contributed by atoms with Crippen LogP contribution in [0.25, 0.3) is 0 Å². The Hall–Kier alpha value is -3.49. The molecule has 3 heterocycles. The second-order valence-corrected chi connectivity index (χ2v) is 9.30. The number of urea groups is 1. The van der Waals surface area contributed by atoms with E-state index in [4.69, 9.17) is 4.74 Å². The van der Waals surface area contributed by atoms with Crippen molar-refractivity contribution >= 4 is 17.4 Å². The minimum absolute atomic E-state index is 0.0138. The third kappa shape index (κ3) is 5.50. The minimum Gasteiger partial charge on any atom is -0.487 e. The highest BCUT2D eigenvalue weighted by Crippen LogP contribution is 2.33. The van der Waals surface area contributed by atoms with Gasteiger partial charge in [-0.15, -0.1) is 0 Å². The summed E-state index contributed by atoms with van der Waals surface area (Å²) in [5.41, 5.74) is 4.00. The number of amides is 2. The van der Waals surface area contributed by atoms with Crippen LogP contribution in [0.1, 0.15) is 30.2 Å². The van der Waals surface area contributed by atoms with Crippen LogP contribution in [-0.4, -0.2) is 53.5 Å². The van der Waals surface area contributed by atoms with Gasteiger partial charge in [0.05, 0.1) is 12.2 Å². The van der Waals surface area contributed by atoms with Crippen molar-refractivity contribution in [2.24, 2.45) is 0 Å². The SMILES string of the molecule is CCCN1CCN(Cc2ccc(OCc3ncccc3F)cc2N2Cc3ccccc3NC2=O)CC1. The second-order valence-electron chi connectivity index (χ2n) is 9.30. The van der Waals surface area contributed by atoms with Crippen LogP contribution in [-0.2, 0) is 19.7 Å². The maximum atomic E-state index is 14.0. The van der Waals surface area contributed by atoms with Gasteiger partial charge in [-0.1, -0.05) is 31.2 Å². The first-order valence-corrected chi connectivity index (χ1v) is 12.6. The van der Waals surface area contributed by atoms with Crippen LogP contribution in [0.3, 0.4) is 0 Å². The first-order valence-electron chi connectivity index (χ1n) is 12.6. The van der Waals surface area contributed by atoms with E-state index in [0.717, 1.165) is 61.8 Å². The molecule has 0 saturated carbocycles. The Morgan fingerprint density at radius 1 is 1.03 bits per heavy atom. The van der Waals surface area contributed by atoms with E-state index in [2.05, 4.69) is 27.0 Å². The zero-order valence-electron chi connectivity index (χ0n) is 20.6. The number of rotatable bonds is 8. The fraction of sp³-hybridized carbons (Fsp3) is 0.357. The summed E-state index contributed by atoms with van der Waals surface area (Å²) in [6, 6.07) is 16.4. The molecule has 2 aliphatic heterocycles. The molecule has 36 heavy (non-hydrogen) atoms. The molecule has 2 amide bonds. The van der Waals surface area contributed by atoms with Crippen molar-refractivity contribution in [3.8, 4) is 5.75 Å². The molecule has 5 rings (SSSR count). The Kier molecular flexibility index (Phi) is 7.44. The molecule has 7 nitrogen and oxygen atoms in total. The molecule has 1 saturated heterocycles. The molecular formula is C28H32FN5O2. The number of carbonyl (C=O) groups is 1. The van der Waals surface area contributed by atoms with Crippen molar-refractivity contribution in [1.82, 2.24) is 14.8 Å². The predicted octanol–water partition coefficient (Wildman–Crippen LogP) is 4.88. The van der Waals surface area contributed by atoms with Gasteiger partial charge < -0.3 is 15.0 Å². The van der Waals surface area contributed by atoms with Gasteiger partial charge in [-0.2, -0.15) is 0 Å². The lowest BCUT2D eigenvalue weighted by molar-refractivity contribution is 0.127. The molecule has 1 N–H and O–H groups in total. The number of nitrogens with one attached hydrogen (secondary N) is 1. The summed E-state index contributed by atoms with van der Waals surface area (Å²) in [5, 5.41) is 3.01. The van der Waals surface area contributed by atoms with Crippen LogP contribution in [0, 0.1) is 5.82 Å². The molecule has 0 atom stereocenters. The fourth-order valence-electron chi connectivity index (χ4n) is 4.82. The summed E-state index contributed by atoms with van der Waals surface area (Å²) < 4.78 is 20.0. The molecule has 0 unspecified atom stereocenters. The molecule has 0 aliphatic carbocycles. The van der Waals surface area contributed by atoms with E-state index in [1.807, 2.05) is 42.5 Å². The number of piperazine rings is 1. The Labute approximate surface area is 211 Å². The van der Waals surface area contributed by atoms with Crippen LogP contribution >= 0.6 is 0 Å². The third-order valence-electron chi connectivity index (χ3n) is 6.79. The standard InChI is InChI=1S/C28H32FN5O2/c1-2-12-32-13-15-33(16-14-32)18-22-9-10-23(36-20-26-24(29)7-5-11-30-26)17-27(22)34-19-21-6-3-4-8-25(21)31-28(34)35/h3-11,17H,2,12-16,18-20H2,1H3,(H,31,35). The van der Waals surface area contributed by atoms with Gasteiger partial charge in [-0.05, 0) is 48.4 Å². The van der Waals surface area contributed by atoms with E-state index in [1.165, 1.54) is 12.5 Å². The lowest BCUT2D eigenvalue weighted by Crippen LogP contribution is -2.46. The zero-order chi connectivity index (χ0) is 24.9. The fourth-order valence-corrected chi connectivity index (χ4v) is 4.82. The van der Waals surface area contributed by atoms with Crippen molar-refractivity contribution in [1.29, 1.82) is 0 Å². The number of ether oxygens (including phenoxy) is 1. The lowest BCUT2D eigenvalue weighted by atomic mass is 10.1. The maximum absolute atomic E-state index is 14.0. The number of para-hydroxylation sites is 1. The first-order chi connectivity index (χ1) is 17.6.